The lowest BCUT2D eigenvalue weighted by atomic mass is 10.1. The van der Waals surface area contributed by atoms with E-state index in [9.17, 15) is 4.39 Å². The first-order chi connectivity index (χ1) is 7.19. The van der Waals surface area contributed by atoms with E-state index in [-0.39, 0.29) is 11.9 Å². The highest BCUT2D eigenvalue weighted by Crippen LogP contribution is 2.20. The summed E-state index contributed by atoms with van der Waals surface area (Å²) in [7, 11) is 1.65. The molecule has 0 aliphatic heterocycles. The maximum atomic E-state index is 13.5. The van der Waals surface area contributed by atoms with Gasteiger partial charge in [0.2, 0.25) is 0 Å². The van der Waals surface area contributed by atoms with Crippen molar-refractivity contribution in [2.75, 3.05) is 19.0 Å². The van der Waals surface area contributed by atoms with Gasteiger partial charge in [0.15, 0.2) is 0 Å². The van der Waals surface area contributed by atoms with Gasteiger partial charge in [0.05, 0.1) is 12.3 Å². The molecule has 0 spiro atoms. The normalized spacial score (nSPS) is 12.5. The first-order valence-corrected chi connectivity index (χ1v) is 5.19. The van der Waals surface area contributed by atoms with Gasteiger partial charge in [0.1, 0.15) is 5.82 Å². The molecular formula is C12H18FNO. The summed E-state index contributed by atoms with van der Waals surface area (Å²) in [5.74, 6) is -0.204. The molecule has 1 unspecified atom stereocenters. The molecule has 0 heterocycles. The number of hydrogen-bond acceptors (Lipinski definition) is 2. The van der Waals surface area contributed by atoms with Crippen molar-refractivity contribution in [1.82, 2.24) is 0 Å². The first kappa shape index (κ1) is 12.0. The zero-order valence-electron chi connectivity index (χ0n) is 9.51. The lowest BCUT2D eigenvalue weighted by molar-refractivity contribution is 0.184. The topological polar surface area (TPSA) is 21.3 Å². The minimum atomic E-state index is -0.204. The zero-order chi connectivity index (χ0) is 11.3. The van der Waals surface area contributed by atoms with Crippen molar-refractivity contribution in [2.45, 2.75) is 26.3 Å². The molecule has 3 heteroatoms. The zero-order valence-corrected chi connectivity index (χ0v) is 9.51. The lowest BCUT2D eigenvalue weighted by Crippen LogP contribution is -2.24. The van der Waals surface area contributed by atoms with Crippen LogP contribution in [0.5, 0.6) is 0 Å². The fourth-order valence-corrected chi connectivity index (χ4v) is 1.48. The number of nitrogens with one attached hydrogen (secondary N) is 1. The molecule has 0 bridgehead atoms. The van der Waals surface area contributed by atoms with Gasteiger partial charge in [-0.25, -0.2) is 4.39 Å². The van der Waals surface area contributed by atoms with Gasteiger partial charge in [-0.15, -0.1) is 0 Å². The summed E-state index contributed by atoms with van der Waals surface area (Å²) in [6, 6.07) is 5.23. The second-order valence-electron chi connectivity index (χ2n) is 3.64. The Balaban J connectivity index is 2.78. The molecule has 0 aliphatic rings. The number of benzene rings is 1. The molecule has 1 atom stereocenters. The number of aryl methyl sites for hydroxylation is 1. The standard InChI is InChI=1S/C12H18FNO/c1-4-10(8-15-3)14-12-9(2)6-5-7-11(12)13/h5-7,10,14H,4,8H2,1-3H3. The fourth-order valence-electron chi connectivity index (χ4n) is 1.48. The van der Waals surface area contributed by atoms with E-state index in [1.165, 1.54) is 6.07 Å². The Morgan fingerprint density at radius 2 is 2.20 bits per heavy atom. The monoisotopic (exact) mass is 211 g/mol. The third kappa shape index (κ3) is 3.20. The van der Waals surface area contributed by atoms with Crippen LogP contribution < -0.4 is 5.32 Å². The third-order valence-electron chi connectivity index (χ3n) is 2.43. The summed E-state index contributed by atoms with van der Waals surface area (Å²) in [5.41, 5.74) is 1.51. The van der Waals surface area contributed by atoms with Crippen molar-refractivity contribution < 1.29 is 9.13 Å². The molecule has 0 saturated heterocycles. The van der Waals surface area contributed by atoms with Crippen LogP contribution in [0, 0.1) is 12.7 Å². The third-order valence-corrected chi connectivity index (χ3v) is 2.43. The van der Waals surface area contributed by atoms with Gasteiger partial charge >= 0.3 is 0 Å². The molecule has 0 aliphatic carbocycles. The average Bonchev–Trinajstić information content (AvgIpc) is 2.22. The van der Waals surface area contributed by atoms with Gasteiger partial charge in [0, 0.05) is 13.2 Å². The average molecular weight is 211 g/mol. The van der Waals surface area contributed by atoms with Crippen LogP contribution >= 0.6 is 0 Å². The van der Waals surface area contributed by atoms with Crippen LogP contribution in [0.15, 0.2) is 18.2 Å². The Hall–Kier alpha value is -1.09. The molecule has 0 fully saturated rings. The van der Waals surface area contributed by atoms with Gasteiger partial charge in [-0.3, -0.25) is 0 Å². The smallest absolute Gasteiger partial charge is 0.146 e. The van der Waals surface area contributed by atoms with Gasteiger partial charge in [-0.05, 0) is 25.0 Å². The highest BCUT2D eigenvalue weighted by molar-refractivity contribution is 5.52. The summed E-state index contributed by atoms with van der Waals surface area (Å²) >= 11 is 0. The number of ether oxygens (including phenoxy) is 1. The molecule has 0 radical (unpaired) electrons. The van der Waals surface area contributed by atoms with Crippen LogP contribution in [0.1, 0.15) is 18.9 Å². The molecule has 15 heavy (non-hydrogen) atoms. The highest BCUT2D eigenvalue weighted by Gasteiger charge is 2.10. The maximum Gasteiger partial charge on any atom is 0.146 e. The SMILES string of the molecule is CCC(COC)Nc1c(C)cccc1F. The Morgan fingerprint density at radius 1 is 1.47 bits per heavy atom. The molecule has 1 rings (SSSR count). The Bertz CT molecular complexity index is 294. The number of rotatable bonds is 5. The van der Waals surface area contributed by atoms with E-state index in [1.807, 2.05) is 19.9 Å². The second-order valence-corrected chi connectivity index (χ2v) is 3.64. The van der Waals surface area contributed by atoms with E-state index in [2.05, 4.69) is 5.32 Å². The Morgan fingerprint density at radius 3 is 2.73 bits per heavy atom. The van der Waals surface area contributed by atoms with E-state index in [1.54, 1.807) is 13.2 Å². The van der Waals surface area contributed by atoms with Gasteiger partial charge in [0.25, 0.3) is 0 Å². The van der Waals surface area contributed by atoms with E-state index in [4.69, 9.17) is 4.74 Å². The van der Waals surface area contributed by atoms with Crippen molar-refractivity contribution in [2.24, 2.45) is 0 Å². The van der Waals surface area contributed by atoms with Crippen molar-refractivity contribution in [3.05, 3.63) is 29.6 Å². The van der Waals surface area contributed by atoms with Crippen molar-refractivity contribution in [3.63, 3.8) is 0 Å². The molecule has 0 saturated carbocycles. The summed E-state index contributed by atoms with van der Waals surface area (Å²) in [5, 5.41) is 3.17. The predicted octanol–water partition coefficient (Wildman–Crippen LogP) is 2.97. The summed E-state index contributed by atoms with van der Waals surface area (Å²) < 4.78 is 18.5. The molecule has 1 aromatic carbocycles. The fraction of sp³-hybridized carbons (Fsp3) is 0.500. The quantitative estimate of drug-likeness (QED) is 0.808. The molecule has 1 aromatic rings. The van der Waals surface area contributed by atoms with E-state index < -0.39 is 0 Å². The van der Waals surface area contributed by atoms with Crippen molar-refractivity contribution in [1.29, 1.82) is 0 Å². The van der Waals surface area contributed by atoms with Crippen LogP contribution in [-0.4, -0.2) is 19.8 Å². The minimum Gasteiger partial charge on any atom is -0.383 e. The number of methoxy groups -OCH3 is 1. The van der Waals surface area contributed by atoms with Crippen LogP contribution in [0.4, 0.5) is 10.1 Å². The molecule has 2 nitrogen and oxygen atoms in total. The molecule has 1 N–H and O–H groups in total. The second kappa shape index (κ2) is 5.71. The number of para-hydroxylation sites is 1. The van der Waals surface area contributed by atoms with Crippen LogP contribution in [0.3, 0.4) is 0 Å². The van der Waals surface area contributed by atoms with Crippen LogP contribution in [0.25, 0.3) is 0 Å². The highest BCUT2D eigenvalue weighted by atomic mass is 19.1. The van der Waals surface area contributed by atoms with E-state index >= 15 is 0 Å². The summed E-state index contributed by atoms with van der Waals surface area (Å²) in [6.45, 7) is 4.53. The number of anilines is 1. The van der Waals surface area contributed by atoms with E-state index in [0.717, 1.165) is 12.0 Å². The van der Waals surface area contributed by atoms with Crippen LogP contribution in [0.2, 0.25) is 0 Å². The summed E-state index contributed by atoms with van der Waals surface area (Å²) in [4.78, 5) is 0. The van der Waals surface area contributed by atoms with Crippen LogP contribution in [-0.2, 0) is 4.74 Å². The van der Waals surface area contributed by atoms with Crippen molar-refractivity contribution >= 4 is 5.69 Å². The molecular weight excluding hydrogens is 193 g/mol. The molecule has 0 aromatic heterocycles. The molecule has 84 valence electrons. The van der Waals surface area contributed by atoms with Gasteiger partial charge in [-0.1, -0.05) is 19.1 Å². The Labute approximate surface area is 90.4 Å². The summed E-state index contributed by atoms with van der Waals surface area (Å²) in [6.07, 6.45) is 0.904. The lowest BCUT2D eigenvalue weighted by Gasteiger charge is -2.19. The number of halogens is 1. The Kier molecular flexibility index (Phi) is 4.56. The van der Waals surface area contributed by atoms with Gasteiger partial charge < -0.3 is 10.1 Å². The van der Waals surface area contributed by atoms with Gasteiger partial charge in [-0.2, -0.15) is 0 Å². The number of hydrogen-bond donors (Lipinski definition) is 1. The maximum absolute atomic E-state index is 13.5. The minimum absolute atomic E-state index is 0.158. The molecule has 0 amide bonds. The van der Waals surface area contributed by atoms with E-state index in [0.29, 0.717) is 12.3 Å². The largest absolute Gasteiger partial charge is 0.383 e. The first-order valence-electron chi connectivity index (χ1n) is 5.19. The predicted molar refractivity (Wildman–Crippen MR) is 60.7 cm³/mol. The van der Waals surface area contributed by atoms with Crippen molar-refractivity contribution in [3.8, 4) is 0 Å².